The maximum absolute atomic E-state index is 12.5. The summed E-state index contributed by atoms with van der Waals surface area (Å²) in [5, 5.41) is 1.58. The number of anilines is 1. The van der Waals surface area contributed by atoms with Crippen LogP contribution >= 0.6 is 0 Å². The monoisotopic (exact) mass is 304 g/mol. The molecule has 1 heterocycles. The molecule has 0 bridgehead atoms. The lowest BCUT2D eigenvalue weighted by molar-refractivity contribution is -0.137. The number of benzene rings is 2. The molecule has 0 saturated heterocycles. The van der Waals surface area contributed by atoms with E-state index >= 15 is 0 Å². The molecule has 0 spiro atoms. The van der Waals surface area contributed by atoms with Crippen LogP contribution in [0.3, 0.4) is 0 Å². The molecular weight excluding hydrogens is 293 g/mol. The summed E-state index contributed by atoms with van der Waals surface area (Å²) in [6.07, 6.45) is -2.81. The molecular formula is C16H11F3N2O. The van der Waals surface area contributed by atoms with Crippen LogP contribution in [0.1, 0.15) is 5.56 Å². The first-order valence-corrected chi connectivity index (χ1v) is 6.43. The highest BCUT2D eigenvalue weighted by molar-refractivity contribution is 5.89. The van der Waals surface area contributed by atoms with Gasteiger partial charge in [0.2, 0.25) is 5.88 Å². The second kappa shape index (κ2) is 5.22. The van der Waals surface area contributed by atoms with Crippen LogP contribution < -0.4 is 10.5 Å². The molecule has 1 aromatic heterocycles. The minimum absolute atomic E-state index is 0.282. The van der Waals surface area contributed by atoms with Crippen LogP contribution in [0.4, 0.5) is 18.9 Å². The van der Waals surface area contributed by atoms with Crippen molar-refractivity contribution in [3.63, 3.8) is 0 Å². The zero-order chi connectivity index (χ0) is 15.7. The van der Waals surface area contributed by atoms with Gasteiger partial charge in [-0.15, -0.1) is 0 Å². The Morgan fingerprint density at radius 3 is 2.36 bits per heavy atom. The van der Waals surface area contributed by atoms with E-state index in [4.69, 9.17) is 10.5 Å². The number of ether oxygens (including phenoxy) is 1. The predicted octanol–water partition coefficient (Wildman–Crippen LogP) is 4.63. The smallest absolute Gasteiger partial charge is 0.416 e. The minimum atomic E-state index is -4.37. The van der Waals surface area contributed by atoms with E-state index in [-0.39, 0.29) is 5.75 Å². The van der Waals surface area contributed by atoms with Gasteiger partial charge >= 0.3 is 6.18 Å². The third kappa shape index (κ3) is 2.81. The van der Waals surface area contributed by atoms with E-state index in [0.717, 1.165) is 22.9 Å². The molecule has 0 radical (unpaired) electrons. The first-order valence-electron chi connectivity index (χ1n) is 6.43. The Morgan fingerprint density at radius 1 is 0.955 bits per heavy atom. The van der Waals surface area contributed by atoms with Crippen molar-refractivity contribution < 1.29 is 17.9 Å². The molecule has 22 heavy (non-hydrogen) atoms. The summed E-state index contributed by atoms with van der Waals surface area (Å²) in [5.74, 6) is 0.599. The molecule has 112 valence electrons. The molecule has 0 aliphatic heterocycles. The predicted molar refractivity (Wildman–Crippen MR) is 77.7 cm³/mol. The number of rotatable bonds is 2. The molecule has 3 rings (SSSR count). The van der Waals surface area contributed by atoms with Crippen LogP contribution in [-0.2, 0) is 6.18 Å². The van der Waals surface area contributed by atoms with E-state index in [2.05, 4.69) is 4.98 Å². The van der Waals surface area contributed by atoms with Crippen LogP contribution in [0.25, 0.3) is 10.8 Å². The summed E-state index contributed by atoms with van der Waals surface area (Å²) in [7, 11) is 0. The average Bonchev–Trinajstić information content (AvgIpc) is 2.47. The van der Waals surface area contributed by atoms with E-state index in [1.54, 1.807) is 30.5 Å². The number of hydrogen-bond acceptors (Lipinski definition) is 3. The molecule has 0 amide bonds. The van der Waals surface area contributed by atoms with Crippen LogP contribution in [0.5, 0.6) is 11.6 Å². The third-order valence-corrected chi connectivity index (χ3v) is 3.15. The molecule has 0 aliphatic carbocycles. The molecule has 0 unspecified atom stereocenters. The maximum atomic E-state index is 12.5. The van der Waals surface area contributed by atoms with E-state index in [9.17, 15) is 13.2 Å². The molecule has 0 atom stereocenters. The zero-order valence-corrected chi connectivity index (χ0v) is 11.3. The molecule has 2 N–H and O–H groups in total. The van der Waals surface area contributed by atoms with E-state index in [1.165, 1.54) is 12.1 Å². The number of nitrogen functional groups attached to an aromatic ring is 1. The zero-order valence-electron chi connectivity index (χ0n) is 11.3. The number of hydrogen-bond donors (Lipinski definition) is 1. The van der Waals surface area contributed by atoms with Gasteiger partial charge in [-0.3, -0.25) is 0 Å². The summed E-state index contributed by atoms with van der Waals surface area (Å²) < 4.78 is 43.2. The Labute approximate surface area is 124 Å². The van der Waals surface area contributed by atoms with Crippen molar-refractivity contribution in [1.29, 1.82) is 0 Å². The summed E-state index contributed by atoms with van der Waals surface area (Å²) >= 11 is 0. The van der Waals surface area contributed by atoms with Gasteiger partial charge in [0.1, 0.15) is 5.75 Å². The van der Waals surface area contributed by atoms with E-state index in [0.29, 0.717) is 11.6 Å². The van der Waals surface area contributed by atoms with Gasteiger partial charge in [-0.25, -0.2) is 4.98 Å². The lowest BCUT2D eigenvalue weighted by atomic mass is 10.1. The first kappa shape index (κ1) is 14.2. The van der Waals surface area contributed by atoms with Crippen molar-refractivity contribution in [2.75, 3.05) is 5.73 Å². The summed E-state index contributed by atoms with van der Waals surface area (Å²) in [6, 6.07) is 11.5. The summed E-state index contributed by atoms with van der Waals surface area (Å²) in [6.45, 7) is 0. The fourth-order valence-corrected chi connectivity index (χ4v) is 2.07. The van der Waals surface area contributed by atoms with Gasteiger partial charge in [-0.1, -0.05) is 0 Å². The average molecular weight is 304 g/mol. The summed E-state index contributed by atoms with van der Waals surface area (Å²) in [5.41, 5.74) is 5.60. The number of fused-ring (bicyclic) bond motifs is 1. The molecule has 0 fully saturated rings. The van der Waals surface area contributed by atoms with E-state index in [1.807, 2.05) is 0 Å². The second-order valence-electron chi connectivity index (χ2n) is 4.72. The van der Waals surface area contributed by atoms with Crippen molar-refractivity contribution in [2.24, 2.45) is 0 Å². The molecule has 3 aromatic rings. The number of aromatic nitrogens is 1. The van der Waals surface area contributed by atoms with Crippen LogP contribution in [0.15, 0.2) is 54.7 Å². The third-order valence-electron chi connectivity index (χ3n) is 3.15. The van der Waals surface area contributed by atoms with Gasteiger partial charge in [0.25, 0.3) is 0 Å². The van der Waals surface area contributed by atoms with Crippen molar-refractivity contribution in [2.45, 2.75) is 6.18 Å². The van der Waals surface area contributed by atoms with Gasteiger partial charge in [0, 0.05) is 17.3 Å². The van der Waals surface area contributed by atoms with Crippen molar-refractivity contribution in [3.05, 3.63) is 60.3 Å². The Hall–Kier alpha value is -2.76. The Bertz CT molecular complexity index is 814. The molecule has 6 heteroatoms. The molecule has 3 nitrogen and oxygen atoms in total. The number of pyridine rings is 1. The maximum Gasteiger partial charge on any atom is 0.416 e. The topological polar surface area (TPSA) is 48.1 Å². The second-order valence-corrected chi connectivity index (χ2v) is 4.72. The van der Waals surface area contributed by atoms with E-state index < -0.39 is 11.7 Å². The number of alkyl halides is 3. The van der Waals surface area contributed by atoms with Crippen molar-refractivity contribution >= 4 is 16.5 Å². The SMILES string of the molecule is Nc1ccc2c(Oc3ccc(C(F)(F)F)cc3)nccc2c1. The quantitative estimate of drug-likeness (QED) is 0.702. The summed E-state index contributed by atoms with van der Waals surface area (Å²) in [4.78, 5) is 4.12. The lowest BCUT2D eigenvalue weighted by Crippen LogP contribution is -2.04. The number of nitrogens with zero attached hydrogens (tertiary/aromatic N) is 1. The van der Waals surface area contributed by atoms with Crippen LogP contribution in [0, 0.1) is 0 Å². The normalized spacial score (nSPS) is 11.6. The van der Waals surface area contributed by atoms with Crippen molar-refractivity contribution in [1.82, 2.24) is 4.98 Å². The molecule has 2 aromatic carbocycles. The number of nitrogens with two attached hydrogens (primary N) is 1. The first-order chi connectivity index (χ1) is 10.4. The fourth-order valence-electron chi connectivity index (χ4n) is 2.07. The molecule has 0 saturated carbocycles. The highest BCUT2D eigenvalue weighted by atomic mass is 19.4. The van der Waals surface area contributed by atoms with Gasteiger partial charge in [-0.2, -0.15) is 13.2 Å². The van der Waals surface area contributed by atoms with Gasteiger partial charge in [0.15, 0.2) is 0 Å². The van der Waals surface area contributed by atoms with Gasteiger partial charge in [0.05, 0.1) is 5.56 Å². The van der Waals surface area contributed by atoms with Crippen LogP contribution in [-0.4, -0.2) is 4.98 Å². The van der Waals surface area contributed by atoms with Crippen molar-refractivity contribution in [3.8, 4) is 11.6 Å². The molecule has 0 aliphatic rings. The van der Waals surface area contributed by atoms with Gasteiger partial charge in [-0.05, 0) is 53.9 Å². The highest BCUT2D eigenvalue weighted by Crippen LogP contribution is 2.32. The largest absolute Gasteiger partial charge is 0.438 e. The fraction of sp³-hybridized carbons (Fsp3) is 0.0625. The Morgan fingerprint density at radius 2 is 1.68 bits per heavy atom. The highest BCUT2D eigenvalue weighted by Gasteiger charge is 2.30. The Kier molecular flexibility index (Phi) is 3.36. The van der Waals surface area contributed by atoms with Gasteiger partial charge < -0.3 is 10.5 Å². The minimum Gasteiger partial charge on any atom is -0.438 e. The van der Waals surface area contributed by atoms with Crippen LogP contribution in [0.2, 0.25) is 0 Å². The Balaban J connectivity index is 1.93. The lowest BCUT2D eigenvalue weighted by Gasteiger charge is -2.10. The number of halogens is 3. The standard InChI is InChI=1S/C16H11F3N2O/c17-16(18,19)11-1-4-13(5-2-11)22-15-14-6-3-12(20)9-10(14)7-8-21-15/h1-9H,20H2.